The molecule has 0 aromatic carbocycles. The Bertz CT molecular complexity index is 884. The van der Waals surface area contributed by atoms with E-state index < -0.39 is 0 Å². The molecule has 2 fully saturated rings. The van der Waals surface area contributed by atoms with Crippen molar-refractivity contribution in [2.75, 3.05) is 18.4 Å². The van der Waals surface area contributed by atoms with E-state index in [0.29, 0.717) is 24.7 Å². The lowest BCUT2D eigenvalue weighted by atomic mass is 9.85. The first kappa shape index (κ1) is 19.8. The molecule has 8 heteroatoms. The lowest BCUT2D eigenvalue weighted by Crippen LogP contribution is -2.41. The number of anilines is 1. The van der Waals surface area contributed by atoms with Crippen molar-refractivity contribution in [3.63, 3.8) is 0 Å². The number of piperidine rings is 1. The van der Waals surface area contributed by atoms with Crippen LogP contribution < -0.4 is 10.1 Å². The molecular formula is C21H26N4O3S. The quantitative estimate of drug-likeness (QED) is 0.808. The van der Waals surface area contributed by atoms with Gasteiger partial charge in [0.2, 0.25) is 11.8 Å². The van der Waals surface area contributed by atoms with Crippen molar-refractivity contribution in [1.29, 1.82) is 0 Å². The molecule has 2 aromatic rings. The maximum Gasteiger partial charge on any atom is 0.265 e. The van der Waals surface area contributed by atoms with Crippen molar-refractivity contribution in [3.05, 3.63) is 33.9 Å². The molecule has 1 aliphatic heterocycles. The Kier molecular flexibility index (Phi) is 5.80. The molecular weight excluding hydrogens is 388 g/mol. The second-order valence-electron chi connectivity index (χ2n) is 7.76. The molecule has 0 unspecified atom stereocenters. The smallest absolute Gasteiger partial charge is 0.265 e. The number of likely N-dealkylation sites (tertiary alicyclic amines) is 1. The van der Waals surface area contributed by atoms with Gasteiger partial charge in [-0.2, -0.15) is 0 Å². The number of amides is 2. The standard InChI is InChI=1S/C21H26N4O3S/c1-13-19(29-14(2)23-13)21(27)25-10-8-17(9-11-25)28-18-7-6-16(12-22-18)24-20(26)15-4-3-5-15/h6-7,12,15,17H,3-5,8-11H2,1-2H3,(H,24,26). The molecule has 2 aliphatic rings. The normalized spacial score (nSPS) is 17.7. The fourth-order valence-corrected chi connectivity index (χ4v) is 4.55. The number of thiazole rings is 1. The first-order chi connectivity index (χ1) is 14.0. The van der Waals surface area contributed by atoms with E-state index in [2.05, 4.69) is 15.3 Å². The summed E-state index contributed by atoms with van der Waals surface area (Å²) in [6.07, 6.45) is 6.30. The summed E-state index contributed by atoms with van der Waals surface area (Å²) in [5.41, 5.74) is 1.51. The minimum absolute atomic E-state index is 0.0336. The van der Waals surface area contributed by atoms with Gasteiger partial charge in [0.25, 0.3) is 5.91 Å². The van der Waals surface area contributed by atoms with Crippen LogP contribution in [0, 0.1) is 19.8 Å². The van der Waals surface area contributed by atoms with Crippen LogP contribution in [0.25, 0.3) is 0 Å². The van der Waals surface area contributed by atoms with Gasteiger partial charge in [0.15, 0.2) is 0 Å². The van der Waals surface area contributed by atoms with Gasteiger partial charge in [0.05, 0.1) is 22.6 Å². The van der Waals surface area contributed by atoms with Gasteiger partial charge in [0.1, 0.15) is 11.0 Å². The lowest BCUT2D eigenvalue weighted by molar-refractivity contribution is -0.122. The topological polar surface area (TPSA) is 84.4 Å². The summed E-state index contributed by atoms with van der Waals surface area (Å²) in [5.74, 6) is 0.841. The summed E-state index contributed by atoms with van der Waals surface area (Å²) < 4.78 is 5.99. The van der Waals surface area contributed by atoms with E-state index >= 15 is 0 Å². The molecule has 1 saturated carbocycles. The Morgan fingerprint density at radius 1 is 1.17 bits per heavy atom. The maximum atomic E-state index is 12.7. The highest BCUT2D eigenvalue weighted by atomic mass is 32.1. The van der Waals surface area contributed by atoms with Crippen molar-refractivity contribution < 1.29 is 14.3 Å². The Morgan fingerprint density at radius 2 is 1.93 bits per heavy atom. The summed E-state index contributed by atoms with van der Waals surface area (Å²) in [4.78, 5) is 36.0. The van der Waals surface area contributed by atoms with Crippen molar-refractivity contribution in [2.24, 2.45) is 5.92 Å². The summed E-state index contributed by atoms with van der Waals surface area (Å²) in [6.45, 7) is 5.13. The number of rotatable bonds is 5. The van der Waals surface area contributed by atoms with Crippen molar-refractivity contribution in [1.82, 2.24) is 14.9 Å². The van der Waals surface area contributed by atoms with Crippen LogP contribution in [0.1, 0.15) is 52.5 Å². The number of pyridine rings is 1. The second-order valence-corrected chi connectivity index (χ2v) is 8.96. The summed E-state index contributed by atoms with van der Waals surface area (Å²) in [7, 11) is 0. The van der Waals surface area contributed by atoms with Crippen molar-refractivity contribution >= 4 is 28.8 Å². The third kappa shape index (κ3) is 4.58. The van der Waals surface area contributed by atoms with Crippen molar-refractivity contribution in [2.45, 2.75) is 52.1 Å². The SMILES string of the molecule is Cc1nc(C)c(C(=O)N2CCC(Oc3ccc(NC(=O)C4CCC4)cn3)CC2)s1. The molecule has 3 heterocycles. The predicted octanol–water partition coefficient (Wildman–Crippen LogP) is 3.58. The molecule has 0 bridgehead atoms. The predicted molar refractivity (Wildman–Crippen MR) is 111 cm³/mol. The number of aromatic nitrogens is 2. The number of aryl methyl sites for hydroxylation is 2. The Hall–Kier alpha value is -2.48. The van der Waals surface area contributed by atoms with Crippen LogP contribution in [0.4, 0.5) is 5.69 Å². The van der Waals surface area contributed by atoms with Gasteiger partial charge in [-0.25, -0.2) is 9.97 Å². The molecule has 7 nitrogen and oxygen atoms in total. The number of nitrogens with zero attached hydrogens (tertiary/aromatic N) is 3. The molecule has 1 N–H and O–H groups in total. The highest BCUT2D eigenvalue weighted by Gasteiger charge is 2.27. The minimum Gasteiger partial charge on any atom is -0.474 e. The zero-order chi connectivity index (χ0) is 20.4. The minimum atomic E-state index is 0.0336. The van der Waals surface area contributed by atoms with Crippen LogP contribution in [0.15, 0.2) is 18.3 Å². The van der Waals surface area contributed by atoms with E-state index in [4.69, 9.17) is 4.74 Å². The molecule has 4 rings (SSSR count). The number of hydrogen-bond donors (Lipinski definition) is 1. The summed E-state index contributed by atoms with van der Waals surface area (Å²) in [6, 6.07) is 3.61. The second kappa shape index (κ2) is 8.49. The monoisotopic (exact) mass is 414 g/mol. The van der Waals surface area contributed by atoms with Gasteiger partial charge in [-0.3, -0.25) is 9.59 Å². The molecule has 154 valence electrons. The third-order valence-electron chi connectivity index (χ3n) is 5.59. The fourth-order valence-electron chi connectivity index (χ4n) is 3.66. The largest absolute Gasteiger partial charge is 0.474 e. The van der Waals surface area contributed by atoms with E-state index in [0.717, 1.165) is 47.7 Å². The van der Waals surface area contributed by atoms with E-state index in [1.54, 1.807) is 12.3 Å². The van der Waals surface area contributed by atoms with E-state index in [1.807, 2.05) is 24.8 Å². The summed E-state index contributed by atoms with van der Waals surface area (Å²) >= 11 is 1.46. The van der Waals surface area contributed by atoms with Gasteiger partial charge in [-0.15, -0.1) is 11.3 Å². The number of carbonyl (C=O) groups excluding carboxylic acids is 2. The van der Waals surface area contributed by atoms with Crippen molar-refractivity contribution in [3.8, 4) is 5.88 Å². The third-order valence-corrected chi connectivity index (χ3v) is 6.66. The first-order valence-corrected chi connectivity index (χ1v) is 11.0. The number of carbonyl (C=O) groups is 2. The molecule has 2 aromatic heterocycles. The Balaban J connectivity index is 1.26. The van der Waals surface area contributed by atoms with Gasteiger partial charge in [0, 0.05) is 37.9 Å². The lowest BCUT2D eigenvalue weighted by Gasteiger charge is -2.31. The molecule has 1 aliphatic carbocycles. The van der Waals surface area contributed by atoms with E-state index in [9.17, 15) is 9.59 Å². The average molecular weight is 415 g/mol. The van der Waals surface area contributed by atoms with E-state index in [-0.39, 0.29) is 23.8 Å². The van der Waals surface area contributed by atoms with Crippen LogP contribution >= 0.6 is 11.3 Å². The Labute approximate surface area is 174 Å². The van der Waals surface area contributed by atoms with Gasteiger partial charge < -0.3 is 15.0 Å². The van der Waals surface area contributed by atoms with Crippen LogP contribution in [0.2, 0.25) is 0 Å². The fraction of sp³-hybridized carbons (Fsp3) is 0.524. The van der Waals surface area contributed by atoms with Crippen LogP contribution in [-0.2, 0) is 4.79 Å². The number of nitrogens with one attached hydrogen (secondary N) is 1. The molecule has 1 saturated heterocycles. The molecule has 29 heavy (non-hydrogen) atoms. The van der Waals surface area contributed by atoms with Gasteiger partial charge >= 0.3 is 0 Å². The zero-order valence-electron chi connectivity index (χ0n) is 16.8. The first-order valence-electron chi connectivity index (χ1n) is 10.2. The van der Waals surface area contributed by atoms with Crippen LogP contribution in [0.5, 0.6) is 5.88 Å². The maximum absolute atomic E-state index is 12.7. The molecule has 2 amide bonds. The molecule has 0 radical (unpaired) electrons. The molecule has 0 atom stereocenters. The zero-order valence-corrected chi connectivity index (χ0v) is 17.6. The highest BCUT2D eigenvalue weighted by Crippen LogP contribution is 2.28. The molecule has 0 spiro atoms. The number of hydrogen-bond acceptors (Lipinski definition) is 6. The average Bonchev–Trinajstić information content (AvgIpc) is 3.00. The van der Waals surface area contributed by atoms with Gasteiger partial charge in [-0.05, 0) is 32.8 Å². The Morgan fingerprint density at radius 3 is 2.48 bits per heavy atom. The van der Waals surface area contributed by atoms with Crippen LogP contribution in [0.3, 0.4) is 0 Å². The van der Waals surface area contributed by atoms with Crippen LogP contribution in [-0.4, -0.2) is 45.9 Å². The number of ether oxygens (including phenoxy) is 1. The van der Waals surface area contributed by atoms with Gasteiger partial charge in [-0.1, -0.05) is 6.42 Å². The van der Waals surface area contributed by atoms with E-state index in [1.165, 1.54) is 11.3 Å². The summed E-state index contributed by atoms with van der Waals surface area (Å²) in [5, 5.41) is 3.83. The highest BCUT2D eigenvalue weighted by molar-refractivity contribution is 7.13.